The van der Waals surface area contributed by atoms with Gasteiger partial charge in [0, 0.05) is 25.0 Å². The lowest BCUT2D eigenvalue weighted by molar-refractivity contribution is 0.295. The van der Waals surface area contributed by atoms with Crippen LogP contribution in [0.4, 0.5) is 5.69 Å². The molecule has 1 aromatic rings. The van der Waals surface area contributed by atoms with E-state index in [0.29, 0.717) is 5.69 Å². The van der Waals surface area contributed by atoms with Crippen molar-refractivity contribution in [3.05, 3.63) is 28.7 Å². The molecule has 0 aliphatic heterocycles. The minimum atomic E-state index is -0.0656. The molecule has 3 rings (SSSR count). The first-order chi connectivity index (χ1) is 7.72. The molecule has 0 aromatic carbocycles. The van der Waals surface area contributed by atoms with Gasteiger partial charge in [-0.15, -0.1) is 0 Å². The van der Waals surface area contributed by atoms with E-state index in [1.807, 2.05) is 6.20 Å². The van der Waals surface area contributed by atoms with Gasteiger partial charge in [-0.2, -0.15) is 0 Å². The molecular weight excluding hydrogens is 200 g/mol. The van der Waals surface area contributed by atoms with E-state index in [2.05, 4.69) is 4.57 Å². The number of hydrogen-bond donors (Lipinski definition) is 1. The first kappa shape index (κ1) is 9.94. The Morgan fingerprint density at radius 2 is 2.25 bits per heavy atom. The van der Waals surface area contributed by atoms with Gasteiger partial charge in [-0.3, -0.25) is 4.79 Å². The van der Waals surface area contributed by atoms with Gasteiger partial charge < -0.3 is 10.3 Å². The molecule has 3 nitrogen and oxygen atoms in total. The highest BCUT2D eigenvalue weighted by Gasteiger charge is 2.39. The number of aromatic nitrogens is 1. The summed E-state index contributed by atoms with van der Waals surface area (Å²) in [7, 11) is 0. The number of fused-ring (bicyclic) bond motifs is 2. The fourth-order valence-electron chi connectivity index (χ4n) is 3.53. The Bertz CT molecular complexity index is 451. The normalized spacial score (nSPS) is 32.1. The second-order valence-electron chi connectivity index (χ2n) is 5.40. The molecule has 0 saturated heterocycles. The van der Waals surface area contributed by atoms with E-state index in [9.17, 15) is 4.79 Å². The second-order valence-corrected chi connectivity index (χ2v) is 5.40. The summed E-state index contributed by atoms with van der Waals surface area (Å²) in [5, 5.41) is 0. The van der Waals surface area contributed by atoms with Crippen LogP contribution in [0.2, 0.25) is 0 Å². The summed E-state index contributed by atoms with van der Waals surface area (Å²) < 4.78 is 2.09. The fourth-order valence-corrected chi connectivity index (χ4v) is 3.53. The van der Waals surface area contributed by atoms with Gasteiger partial charge in [0.25, 0.3) is 0 Å². The van der Waals surface area contributed by atoms with Gasteiger partial charge >= 0.3 is 0 Å². The molecule has 2 N–H and O–H groups in total. The van der Waals surface area contributed by atoms with Crippen molar-refractivity contribution in [2.75, 3.05) is 5.73 Å². The SMILES string of the molecule is Nc1cn(CC2CC3CCC2C3)ccc1=O. The molecule has 86 valence electrons. The molecular formula is C13H18N2O. The standard InChI is InChI=1S/C13H18N2O/c14-12-8-15(4-3-13(12)16)7-11-6-9-1-2-10(11)5-9/h3-4,8-11H,1-2,5-7,14H2. The molecule has 2 saturated carbocycles. The summed E-state index contributed by atoms with van der Waals surface area (Å²) in [4.78, 5) is 11.2. The molecule has 0 radical (unpaired) electrons. The lowest BCUT2D eigenvalue weighted by atomic mass is 9.89. The van der Waals surface area contributed by atoms with Gasteiger partial charge in [-0.25, -0.2) is 0 Å². The molecule has 16 heavy (non-hydrogen) atoms. The van der Waals surface area contributed by atoms with Crippen molar-refractivity contribution in [2.24, 2.45) is 17.8 Å². The summed E-state index contributed by atoms with van der Waals surface area (Å²) >= 11 is 0. The monoisotopic (exact) mass is 218 g/mol. The quantitative estimate of drug-likeness (QED) is 0.823. The summed E-state index contributed by atoms with van der Waals surface area (Å²) in [6.45, 7) is 1.03. The van der Waals surface area contributed by atoms with Crippen LogP contribution in [0.5, 0.6) is 0 Å². The second kappa shape index (κ2) is 3.65. The van der Waals surface area contributed by atoms with Gasteiger partial charge in [0.15, 0.2) is 0 Å². The number of hydrogen-bond acceptors (Lipinski definition) is 2. The van der Waals surface area contributed by atoms with Crippen LogP contribution in [0.25, 0.3) is 0 Å². The van der Waals surface area contributed by atoms with Crippen LogP contribution < -0.4 is 11.2 Å². The van der Waals surface area contributed by atoms with Crippen molar-refractivity contribution < 1.29 is 0 Å². The largest absolute Gasteiger partial charge is 0.394 e. The first-order valence-electron chi connectivity index (χ1n) is 6.18. The summed E-state index contributed by atoms with van der Waals surface area (Å²) in [5.74, 6) is 2.71. The molecule has 3 unspecified atom stereocenters. The van der Waals surface area contributed by atoms with E-state index in [0.717, 1.165) is 24.3 Å². The highest BCUT2D eigenvalue weighted by atomic mass is 16.1. The van der Waals surface area contributed by atoms with Crippen LogP contribution in [0.15, 0.2) is 23.3 Å². The zero-order valence-electron chi connectivity index (χ0n) is 9.43. The zero-order chi connectivity index (χ0) is 11.1. The van der Waals surface area contributed by atoms with Crippen molar-refractivity contribution in [3.8, 4) is 0 Å². The van der Waals surface area contributed by atoms with Crippen molar-refractivity contribution in [1.29, 1.82) is 0 Å². The third kappa shape index (κ3) is 1.64. The Morgan fingerprint density at radius 3 is 2.88 bits per heavy atom. The average Bonchev–Trinajstić information content (AvgIpc) is 2.85. The smallest absolute Gasteiger partial charge is 0.204 e. The van der Waals surface area contributed by atoms with E-state index >= 15 is 0 Å². The predicted molar refractivity (Wildman–Crippen MR) is 64.1 cm³/mol. The van der Waals surface area contributed by atoms with Crippen molar-refractivity contribution in [1.82, 2.24) is 4.57 Å². The maximum atomic E-state index is 11.2. The number of nitrogens with two attached hydrogens (primary N) is 1. The topological polar surface area (TPSA) is 48.0 Å². The van der Waals surface area contributed by atoms with E-state index in [-0.39, 0.29) is 5.43 Å². The van der Waals surface area contributed by atoms with Crippen LogP contribution >= 0.6 is 0 Å². The Kier molecular flexibility index (Phi) is 2.27. The number of nitrogens with zero attached hydrogens (tertiary/aromatic N) is 1. The van der Waals surface area contributed by atoms with Gasteiger partial charge in [-0.1, -0.05) is 6.42 Å². The van der Waals surface area contributed by atoms with Gasteiger partial charge in [0.05, 0.1) is 5.69 Å². The Balaban J connectivity index is 1.74. The highest BCUT2D eigenvalue weighted by Crippen LogP contribution is 2.48. The third-order valence-corrected chi connectivity index (χ3v) is 4.34. The van der Waals surface area contributed by atoms with Gasteiger partial charge in [0.2, 0.25) is 5.43 Å². The van der Waals surface area contributed by atoms with Crippen LogP contribution in [0.1, 0.15) is 25.7 Å². The van der Waals surface area contributed by atoms with Crippen LogP contribution in [-0.2, 0) is 6.54 Å². The first-order valence-corrected chi connectivity index (χ1v) is 6.18. The minimum absolute atomic E-state index is 0.0656. The number of pyridine rings is 1. The molecule has 3 atom stereocenters. The molecule has 1 aromatic heterocycles. The maximum absolute atomic E-state index is 11.2. The van der Waals surface area contributed by atoms with E-state index in [4.69, 9.17) is 5.73 Å². The third-order valence-electron chi connectivity index (χ3n) is 4.34. The van der Waals surface area contributed by atoms with Gasteiger partial charge in [0.1, 0.15) is 0 Å². The summed E-state index contributed by atoms with van der Waals surface area (Å²) in [6.07, 6.45) is 9.30. The molecule has 0 spiro atoms. The number of rotatable bonds is 2. The van der Waals surface area contributed by atoms with Crippen molar-refractivity contribution in [3.63, 3.8) is 0 Å². The fraction of sp³-hybridized carbons (Fsp3) is 0.615. The summed E-state index contributed by atoms with van der Waals surface area (Å²) in [5.41, 5.74) is 5.94. The molecule has 3 heteroatoms. The lowest BCUT2D eigenvalue weighted by Crippen LogP contribution is -2.19. The van der Waals surface area contributed by atoms with E-state index < -0.39 is 0 Å². The van der Waals surface area contributed by atoms with Crippen molar-refractivity contribution >= 4 is 5.69 Å². The molecule has 2 fully saturated rings. The molecule has 2 aliphatic rings. The Morgan fingerprint density at radius 1 is 1.38 bits per heavy atom. The van der Waals surface area contributed by atoms with E-state index in [1.165, 1.54) is 25.7 Å². The zero-order valence-corrected chi connectivity index (χ0v) is 9.43. The number of anilines is 1. The Hall–Kier alpha value is -1.25. The van der Waals surface area contributed by atoms with Gasteiger partial charge in [-0.05, 0) is 37.0 Å². The maximum Gasteiger partial charge on any atom is 0.204 e. The van der Waals surface area contributed by atoms with Crippen LogP contribution in [0.3, 0.4) is 0 Å². The molecule has 1 heterocycles. The molecule has 2 aliphatic carbocycles. The average molecular weight is 218 g/mol. The van der Waals surface area contributed by atoms with Crippen LogP contribution in [-0.4, -0.2) is 4.57 Å². The number of nitrogen functional groups attached to an aromatic ring is 1. The minimum Gasteiger partial charge on any atom is -0.394 e. The van der Waals surface area contributed by atoms with Crippen molar-refractivity contribution in [2.45, 2.75) is 32.2 Å². The summed E-state index contributed by atoms with van der Waals surface area (Å²) in [6, 6.07) is 1.57. The lowest BCUT2D eigenvalue weighted by Gasteiger charge is -2.22. The van der Waals surface area contributed by atoms with E-state index in [1.54, 1.807) is 12.3 Å². The molecule has 0 amide bonds. The predicted octanol–water partition coefficient (Wildman–Crippen LogP) is 1.87. The van der Waals surface area contributed by atoms with Crippen LogP contribution in [0, 0.1) is 17.8 Å². The Labute approximate surface area is 95.3 Å². The molecule has 2 bridgehead atoms. The highest BCUT2D eigenvalue weighted by molar-refractivity contribution is 5.33.